The van der Waals surface area contributed by atoms with Crippen LogP contribution in [0.25, 0.3) is 10.1 Å². The number of carbonyl (C=O) groups is 2. The molecule has 1 aliphatic heterocycles. The molecule has 0 aliphatic carbocycles. The Balaban J connectivity index is 1.77. The summed E-state index contributed by atoms with van der Waals surface area (Å²) < 4.78 is 6.13. The average molecular weight is 372 g/mol. The molecule has 0 N–H and O–H groups in total. The fraction of sp³-hybridized carbons (Fsp3) is 0.375. The largest absolute Gasteiger partial charge is 0.448 e. The number of carbonyl (C=O) groups excluding carboxylic acids is 2. The summed E-state index contributed by atoms with van der Waals surface area (Å²) in [6, 6.07) is 5.24. The molecule has 1 aromatic carbocycles. The number of likely N-dealkylation sites (tertiary alicyclic amines) is 1. The SMILES string of the molecule is CC(OC(=O)c1sc2cc(Cl)ccc2c1Cl)C(=O)N1CCCC1. The molecular formula is C16H15Cl2NO3S. The van der Waals surface area contributed by atoms with Crippen LogP contribution < -0.4 is 0 Å². The molecule has 3 rings (SSSR count). The second-order valence-electron chi connectivity index (χ2n) is 5.47. The fourth-order valence-electron chi connectivity index (χ4n) is 2.63. The van der Waals surface area contributed by atoms with Crippen molar-refractivity contribution in [2.24, 2.45) is 0 Å². The Labute approximate surface area is 147 Å². The van der Waals surface area contributed by atoms with Gasteiger partial charge in [-0.3, -0.25) is 4.79 Å². The van der Waals surface area contributed by atoms with Gasteiger partial charge < -0.3 is 9.64 Å². The third kappa shape index (κ3) is 3.32. The maximum atomic E-state index is 12.3. The molecule has 0 radical (unpaired) electrons. The minimum atomic E-state index is -0.814. The molecule has 0 saturated carbocycles. The number of rotatable bonds is 3. The predicted molar refractivity (Wildman–Crippen MR) is 92.5 cm³/mol. The summed E-state index contributed by atoms with van der Waals surface area (Å²) in [7, 11) is 0. The van der Waals surface area contributed by atoms with Crippen molar-refractivity contribution in [1.82, 2.24) is 4.90 Å². The Morgan fingerprint density at radius 3 is 2.65 bits per heavy atom. The van der Waals surface area contributed by atoms with Crippen molar-refractivity contribution in [1.29, 1.82) is 0 Å². The number of esters is 1. The highest BCUT2D eigenvalue weighted by atomic mass is 35.5. The molecule has 2 aromatic rings. The van der Waals surface area contributed by atoms with Crippen LogP contribution in [0.5, 0.6) is 0 Å². The van der Waals surface area contributed by atoms with Gasteiger partial charge in [0.2, 0.25) is 0 Å². The molecule has 1 atom stereocenters. The molecule has 1 amide bonds. The lowest BCUT2D eigenvalue weighted by atomic mass is 10.2. The van der Waals surface area contributed by atoms with E-state index >= 15 is 0 Å². The van der Waals surface area contributed by atoms with Crippen molar-refractivity contribution in [3.8, 4) is 0 Å². The zero-order valence-corrected chi connectivity index (χ0v) is 14.8. The number of halogens is 2. The Bertz CT molecular complexity index is 768. The number of ether oxygens (including phenoxy) is 1. The molecule has 0 bridgehead atoms. The highest BCUT2D eigenvalue weighted by molar-refractivity contribution is 7.21. The molecule has 4 nitrogen and oxygen atoms in total. The molecule has 1 aliphatic rings. The van der Waals surface area contributed by atoms with E-state index in [0.29, 0.717) is 14.9 Å². The van der Waals surface area contributed by atoms with Gasteiger partial charge >= 0.3 is 5.97 Å². The second-order valence-corrected chi connectivity index (χ2v) is 7.33. The fourth-order valence-corrected chi connectivity index (χ4v) is 4.30. The number of amides is 1. The van der Waals surface area contributed by atoms with Gasteiger partial charge in [0.1, 0.15) is 4.88 Å². The van der Waals surface area contributed by atoms with Crippen LogP contribution in [-0.4, -0.2) is 36.0 Å². The molecule has 1 fully saturated rings. The zero-order chi connectivity index (χ0) is 16.6. The van der Waals surface area contributed by atoms with Crippen LogP contribution in [0.3, 0.4) is 0 Å². The van der Waals surface area contributed by atoms with Crippen LogP contribution in [0.4, 0.5) is 0 Å². The average Bonchev–Trinajstić information content (AvgIpc) is 3.14. The molecule has 23 heavy (non-hydrogen) atoms. The van der Waals surface area contributed by atoms with E-state index < -0.39 is 12.1 Å². The predicted octanol–water partition coefficient (Wildman–Crippen LogP) is 4.38. The molecule has 122 valence electrons. The van der Waals surface area contributed by atoms with Crippen molar-refractivity contribution in [2.45, 2.75) is 25.9 Å². The molecule has 7 heteroatoms. The minimum Gasteiger partial charge on any atom is -0.448 e. The van der Waals surface area contributed by atoms with Crippen LogP contribution in [0.2, 0.25) is 10.0 Å². The quantitative estimate of drug-likeness (QED) is 0.752. The maximum Gasteiger partial charge on any atom is 0.350 e. The van der Waals surface area contributed by atoms with Crippen molar-refractivity contribution < 1.29 is 14.3 Å². The topological polar surface area (TPSA) is 46.6 Å². The van der Waals surface area contributed by atoms with Crippen LogP contribution >= 0.6 is 34.5 Å². The normalized spacial score (nSPS) is 15.9. The zero-order valence-electron chi connectivity index (χ0n) is 12.5. The molecular weight excluding hydrogens is 357 g/mol. The Hall–Kier alpha value is -1.30. The third-order valence-corrected chi connectivity index (χ3v) is 5.70. The van der Waals surface area contributed by atoms with E-state index in [0.717, 1.165) is 36.0 Å². The molecule has 1 aromatic heterocycles. The first-order valence-electron chi connectivity index (χ1n) is 7.34. The number of benzene rings is 1. The van der Waals surface area contributed by atoms with Gasteiger partial charge in [-0.1, -0.05) is 29.3 Å². The smallest absolute Gasteiger partial charge is 0.350 e. The van der Waals surface area contributed by atoms with Gasteiger partial charge in [0.05, 0.1) is 5.02 Å². The lowest BCUT2D eigenvalue weighted by molar-refractivity contribution is -0.138. The number of hydrogen-bond donors (Lipinski definition) is 0. The van der Waals surface area contributed by atoms with Crippen molar-refractivity contribution in [3.63, 3.8) is 0 Å². The number of fused-ring (bicyclic) bond motifs is 1. The molecule has 1 unspecified atom stereocenters. The van der Waals surface area contributed by atoms with Gasteiger partial charge in [-0.2, -0.15) is 0 Å². The summed E-state index contributed by atoms with van der Waals surface area (Å²) in [5, 5.41) is 1.67. The van der Waals surface area contributed by atoms with Crippen LogP contribution in [0.1, 0.15) is 29.4 Å². The standard InChI is InChI=1S/C16H15Cl2NO3S/c1-9(15(20)19-6-2-3-7-19)22-16(21)14-13(18)11-5-4-10(17)8-12(11)23-14/h4-5,8-9H,2-3,6-7H2,1H3. The van der Waals surface area contributed by atoms with Crippen LogP contribution in [0.15, 0.2) is 18.2 Å². The van der Waals surface area contributed by atoms with Crippen LogP contribution in [-0.2, 0) is 9.53 Å². The lowest BCUT2D eigenvalue weighted by Gasteiger charge is -2.20. The third-order valence-electron chi connectivity index (χ3n) is 3.83. The first-order chi connectivity index (χ1) is 11.0. The number of thiophene rings is 1. The van der Waals surface area contributed by atoms with E-state index in [1.807, 2.05) is 0 Å². The number of nitrogens with zero attached hydrogens (tertiary/aromatic N) is 1. The summed E-state index contributed by atoms with van der Waals surface area (Å²) in [4.78, 5) is 26.6. The monoisotopic (exact) mass is 371 g/mol. The van der Waals surface area contributed by atoms with Crippen LogP contribution in [0, 0.1) is 0 Å². The van der Waals surface area contributed by atoms with E-state index in [1.54, 1.807) is 30.0 Å². The van der Waals surface area contributed by atoms with Gasteiger partial charge in [-0.25, -0.2) is 4.79 Å². The number of hydrogen-bond acceptors (Lipinski definition) is 4. The highest BCUT2D eigenvalue weighted by Gasteiger charge is 2.28. The van der Waals surface area contributed by atoms with E-state index in [9.17, 15) is 9.59 Å². The van der Waals surface area contributed by atoms with Crippen molar-refractivity contribution >= 4 is 56.5 Å². The summed E-state index contributed by atoms with van der Waals surface area (Å²) in [6.45, 7) is 3.04. The van der Waals surface area contributed by atoms with Gasteiger partial charge in [0.25, 0.3) is 5.91 Å². The van der Waals surface area contributed by atoms with Gasteiger partial charge in [0, 0.05) is 28.2 Å². The molecule has 1 saturated heterocycles. The van der Waals surface area contributed by atoms with E-state index in [-0.39, 0.29) is 5.91 Å². The van der Waals surface area contributed by atoms with Crippen molar-refractivity contribution in [3.05, 3.63) is 33.1 Å². The lowest BCUT2D eigenvalue weighted by Crippen LogP contribution is -2.38. The Morgan fingerprint density at radius 2 is 1.96 bits per heavy atom. The van der Waals surface area contributed by atoms with Gasteiger partial charge in [0.15, 0.2) is 6.10 Å². The summed E-state index contributed by atoms with van der Waals surface area (Å²) in [6.07, 6.45) is 1.18. The minimum absolute atomic E-state index is 0.156. The molecule has 0 spiro atoms. The molecule has 2 heterocycles. The summed E-state index contributed by atoms with van der Waals surface area (Å²) in [5.41, 5.74) is 0. The highest BCUT2D eigenvalue weighted by Crippen LogP contribution is 2.37. The first-order valence-corrected chi connectivity index (χ1v) is 8.92. The Kier molecular flexibility index (Phi) is 4.80. The van der Waals surface area contributed by atoms with Gasteiger partial charge in [-0.05, 0) is 31.9 Å². The van der Waals surface area contributed by atoms with Crippen molar-refractivity contribution in [2.75, 3.05) is 13.1 Å². The Morgan fingerprint density at radius 1 is 1.26 bits per heavy atom. The summed E-state index contributed by atoms with van der Waals surface area (Å²) >= 11 is 13.4. The first kappa shape index (κ1) is 16.6. The second kappa shape index (κ2) is 6.67. The summed E-state index contributed by atoms with van der Waals surface area (Å²) in [5.74, 6) is -0.733. The van der Waals surface area contributed by atoms with Gasteiger partial charge in [-0.15, -0.1) is 11.3 Å². The van der Waals surface area contributed by atoms with E-state index in [4.69, 9.17) is 27.9 Å². The van der Waals surface area contributed by atoms with E-state index in [2.05, 4.69) is 0 Å². The van der Waals surface area contributed by atoms with E-state index in [1.165, 1.54) is 11.3 Å². The maximum absolute atomic E-state index is 12.3.